The molecule has 2 saturated carbocycles. The van der Waals surface area contributed by atoms with E-state index in [9.17, 15) is 14.4 Å². The minimum absolute atomic E-state index is 0.0279. The molecule has 0 aliphatic heterocycles. The lowest BCUT2D eigenvalue weighted by Crippen LogP contribution is -2.36. The molecule has 2 aromatic rings. The SMILES string of the molecule is CC1CCC(C(C)C)C(OCC(=O)Nc2ccc(OCc3ccc(C(=O)O)cc3)cc2NC(=O)COC2CC(C)CCC2C(C)C)C1. The van der Waals surface area contributed by atoms with Crippen molar-refractivity contribution < 1.29 is 33.7 Å². The summed E-state index contributed by atoms with van der Waals surface area (Å²) in [5, 5.41) is 15.0. The van der Waals surface area contributed by atoms with Gasteiger partial charge in [-0.05, 0) is 91.0 Å². The Bertz CT molecular complexity index is 1340. The Labute approximate surface area is 280 Å². The Kier molecular flexibility index (Phi) is 13.3. The highest BCUT2D eigenvalue weighted by molar-refractivity contribution is 6.00. The normalized spacial score (nSPS) is 24.6. The number of amides is 2. The molecule has 3 N–H and O–H groups in total. The fourth-order valence-electron chi connectivity index (χ4n) is 7.09. The lowest BCUT2D eigenvalue weighted by Gasteiger charge is -2.37. The first-order chi connectivity index (χ1) is 22.4. The van der Waals surface area contributed by atoms with Crippen LogP contribution in [0, 0.1) is 35.5 Å². The van der Waals surface area contributed by atoms with E-state index >= 15 is 0 Å². The average molecular weight is 651 g/mol. The van der Waals surface area contributed by atoms with E-state index in [1.54, 1.807) is 30.3 Å². The quantitative estimate of drug-likeness (QED) is 0.191. The van der Waals surface area contributed by atoms with Crippen molar-refractivity contribution in [3.05, 3.63) is 53.6 Å². The molecule has 0 radical (unpaired) electrons. The smallest absolute Gasteiger partial charge is 0.335 e. The van der Waals surface area contributed by atoms with Gasteiger partial charge in [0.25, 0.3) is 0 Å². The molecule has 0 heterocycles. The molecule has 9 heteroatoms. The number of hydrogen-bond acceptors (Lipinski definition) is 6. The van der Waals surface area contributed by atoms with Crippen LogP contribution >= 0.6 is 0 Å². The van der Waals surface area contributed by atoms with Gasteiger partial charge in [0, 0.05) is 6.07 Å². The number of carboxylic acid groups (broad SMARTS) is 1. The number of rotatable bonds is 14. The number of aromatic carboxylic acids is 1. The summed E-state index contributed by atoms with van der Waals surface area (Å²) in [5.41, 5.74) is 1.83. The molecule has 0 aromatic heterocycles. The third-order valence-corrected chi connectivity index (χ3v) is 9.93. The molecule has 47 heavy (non-hydrogen) atoms. The van der Waals surface area contributed by atoms with Crippen molar-refractivity contribution in [1.82, 2.24) is 0 Å². The minimum Gasteiger partial charge on any atom is -0.489 e. The average Bonchev–Trinajstić information content (AvgIpc) is 3.02. The second-order valence-corrected chi connectivity index (χ2v) is 14.4. The summed E-state index contributed by atoms with van der Waals surface area (Å²) in [6.45, 7) is 13.3. The number of carbonyl (C=O) groups is 3. The molecule has 6 atom stereocenters. The summed E-state index contributed by atoms with van der Waals surface area (Å²) in [7, 11) is 0. The largest absolute Gasteiger partial charge is 0.489 e. The molecule has 0 spiro atoms. The Morgan fingerprint density at radius 1 is 0.745 bits per heavy atom. The highest BCUT2D eigenvalue weighted by atomic mass is 16.5. The fraction of sp³-hybridized carbons (Fsp3) is 0.605. The molecule has 2 aromatic carbocycles. The van der Waals surface area contributed by atoms with Gasteiger partial charge in [0.15, 0.2) is 0 Å². The van der Waals surface area contributed by atoms with Gasteiger partial charge in [-0.1, -0.05) is 66.5 Å². The van der Waals surface area contributed by atoms with Crippen LogP contribution in [0.4, 0.5) is 11.4 Å². The van der Waals surface area contributed by atoms with E-state index in [0.717, 1.165) is 31.2 Å². The first kappa shape index (κ1) is 36.4. The Morgan fingerprint density at radius 2 is 1.26 bits per heavy atom. The zero-order valence-electron chi connectivity index (χ0n) is 28.9. The number of ether oxygens (including phenoxy) is 3. The van der Waals surface area contributed by atoms with Crippen molar-refractivity contribution in [2.24, 2.45) is 35.5 Å². The summed E-state index contributed by atoms with van der Waals surface area (Å²) in [5.74, 6) is 1.81. The van der Waals surface area contributed by atoms with Crippen molar-refractivity contribution in [3.8, 4) is 5.75 Å². The van der Waals surface area contributed by atoms with E-state index in [1.165, 1.54) is 25.0 Å². The zero-order valence-corrected chi connectivity index (χ0v) is 28.9. The van der Waals surface area contributed by atoms with Crippen molar-refractivity contribution in [3.63, 3.8) is 0 Å². The standard InChI is InChI=1S/C38H54N2O7/c1-23(2)30-14-7-25(5)17-34(30)46-21-36(41)39-32-16-13-29(45-20-27-9-11-28(12-10-27)38(43)44)19-33(32)40-37(42)22-47-35-18-26(6)8-15-31(35)24(3)4/h9-13,16,19,23-26,30-31,34-35H,7-8,14-15,17-18,20-22H2,1-6H3,(H,39,41)(H,40,42)(H,43,44). The second-order valence-electron chi connectivity index (χ2n) is 14.4. The maximum absolute atomic E-state index is 13.2. The number of carboxylic acids is 1. The third kappa shape index (κ3) is 10.8. The van der Waals surface area contributed by atoms with Crippen LogP contribution in [0.3, 0.4) is 0 Å². The van der Waals surface area contributed by atoms with E-state index in [-0.39, 0.29) is 49.4 Å². The van der Waals surface area contributed by atoms with Crippen LogP contribution in [0.1, 0.15) is 96.0 Å². The maximum atomic E-state index is 13.2. The Hall–Kier alpha value is -3.43. The monoisotopic (exact) mass is 650 g/mol. The summed E-state index contributed by atoms with van der Waals surface area (Å²) >= 11 is 0. The topological polar surface area (TPSA) is 123 Å². The summed E-state index contributed by atoms with van der Waals surface area (Å²) in [6, 6.07) is 11.6. The van der Waals surface area contributed by atoms with Crippen molar-refractivity contribution in [2.45, 2.75) is 98.9 Å². The molecule has 2 aliphatic carbocycles. The Balaban J connectivity index is 1.44. The number of carbonyl (C=O) groups excluding carboxylic acids is 2. The van der Waals surface area contributed by atoms with Crippen LogP contribution < -0.4 is 15.4 Å². The van der Waals surface area contributed by atoms with Gasteiger partial charge < -0.3 is 30.0 Å². The van der Waals surface area contributed by atoms with Gasteiger partial charge in [-0.3, -0.25) is 9.59 Å². The van der Waals surface area contributed by atoms with Crippen LogP contribution in [0.2, 0.25) is 0 Å². The lowest BCUT2D eigenvalue weighted by atomic mass is 9.75. The highest BCUT2D eigenvalue weighted by Gasteiger charge is 2.33. The van der Waals surface area contributed by atoms with E-state index in [2.05, 4.69) is 52.2 Å². The summed E-state index contributed by atoms with van der Waals surface area (Å²) < 4.78 is 18.4. The van der Waals surface area contributed by atoms with E-state index in [1.807, 2.05) is 0 Å². The molecule has 0 bridgehead atoms. The van der Waals surface area contributed by atoms with Crippen LogP contribution in [0.15, 0.2) is 42.5 Å². The molecule has 6 unspecified atom stereocenters. The summed E-state index contributed by atoms with van der Waals surface area (Å²) in [4.78, 5) is 37.6. The predicted octanol–water partition coefficient (Wildman–Crippen LogP) is 7.80. The molecule has 4 rings (SSSR count). The van der Waals surface area contributed by atoms with Gasteiger partial charge in [-0.25, -0.2) is 4.79 Å². The number of anilines is 2. The Morgan fingerprint density at radius 3 is 1.74 bits per heavy atom. The van der Waals surface area contributed by atoms with Gasteiger partial charge in [0.2, 0.25) is 11.8 Å². The first-order valence-electron chi connectivity index (χ1n) is 17.3. The molecule has 2 amide bonds. The van der Waals surface area contributed by atoms with Crippen molar-refractivity contribution >= 4 is 29.2 Å². The van der Waals surface area contributed by atoms with Gasteiger partial charge in [-0.15, -0.1) is 0 Å². The first-order valence-corrected chi connectivity index (χ1v) is 17.3. The van der Waals surface area contributed by atoms with Crippen LogP contribution in [0.25, 0.3) is 0 Å². The zero-order chi connectivity index (χ0) is 34.1. The van der Waals surface area contributed by atoms with Gasteiger partial charge >= 0.3 is 5.97 Å². The van der Waals surface area contributed by atoms with E-state index < -0.39 is 5.97 Å². The molecule has 0 saturated heterocycles. The molecule has 258 valence electrons. The second kappa shape index (κ2) is 17.1. The van der Waals surface area contributed by atoms with E-state index in [0.29, 0.717) is 52.6 Å². The van der Waals surface area contributed by atoms with Gasteiger partial charge in [0.1, 0.15) is 25.6 Å². The minimum atomic E-state index is -0.990. The van der Waals surface area contributed by atoms with Crippen LogP contribution in [-0.4, -0.2) is 48.3 Å². The summed E-state index contributed by atoms with van der Waals surface area (Å²) in [6.07, 6.45) is 6.51. The van der Waals surface area contributed by atoms with Crippen LogP contribution in [-0.2, 0) is 25.7 Å². The molecular formula is C38H54N2O7. The fourth-order valence-corrected chi connectivity index (χ4v) is 7.09. The highest BCUT2D eigenvalue weighted by Crippen LogP contribution is 2.37. The predicted molar refractivity (Wildman–Crippen MR) is 184 cm³/mol. The number of nitrogens with one attached hydrogen (secondary N) is 2. The molecular weight excluding hydrogens is 596 g/mol. The lowest BCUT2D eigenvalue weighted by molar-refractivity contribution is -0.127. The van der Waals surface area contributed by atoms with Crippen molar-refractivity contribution in [1.29, 1.82) is 0 Å². The third-order valence-electron chi connectivity index (χ3n) is 9.93. The molecule has 2 aliphatic rings. The van der Waals surface area contributed by atoms with Gasteiger partial charge in [0.05, 0.1) is 29.1 Å². The molecule has 9 nitrogen and oxygen atoms in total. The van der Waals surface area contributed by atoms with Crippen LogP contribution in [0.5, 0.6) is 5.75 Å². The maximum Gasteiger partial charge on any atom is 0.335 e. The van der Waals surface area contributed by atoms with Crippen molar-refractivity contribution in [2.75, 3.05) is 23.8 Å². The van der Waals surface area contributed by atoms with E-state index in [4.69, 9.17) is 19.3 Å². The van der Waals surface area contributed by atoms with Gasteiger partial charge in [-0.2, -0.15) is 0 Å². The number of benzene rings is 2. The molecule has 2 fully saturated rings. The number of hydrogen-bond donors (Lipinski definition) is 3.